The molecule has 1 N–H and O–H groups in total. The smallest absolute Gasteiger partial charge is 0.131 e. The standard InChI is InChI=1S/C27H44O2/c1-19(2)11-15-25(16-12-20(3)4)26(17-13-21(5)6)27(18-14-22(7)8)29-24(10)23(9)28/h11-14,27-28H,15-18H2,1-10H3/b24-23-. The van der Waals surface area contributed by atoms with Crippen molar-refractivity contribution in [2.75, 3.05) is 0 Å². The van der Waals surface area contributed by atoms with Gasteiger partial charge in [-0.3, -0.25) is 0 Å². The van der Waals surface area contributed by atoms with Gasteiger partial charge in [0.2, 0.25) is 0 Å². The molecule has 29 heavy (non-hydrogen) atoms. The average molecular weight is 401 g/mol. The Hall–Kier alpha value is -1.96. The van der Waals surface area contributed by atoms with Crippen molar-refractivity contribution in [2.45, 2.75) is 101 Å². The Bertz CT molecular complexity index is 667. The molecule has 2 heteroatoms. The summed E-state index contributed by atoms with van der Waals surface area (Å²) < 4.78 is 6.31. The second kappa shape index (κ2) is 14.1. The third kappa shape index (κ3) is 13.0. The highest BCUT2D eigenvalue weighted by molar-refractivity contribution is 5.28. The molecule has 0 heterocycles. The van der Waals surface area contributed by atoms with E-state index in [4.69, 9.17) is 4.74 Å². The van der Waals surface area contributed by atoms with Gasteiger partial charge in [0, 0.05) is 6.42 Å². The van der Waals surface area contributed by atoms with E-state index < -0.39 is 0 Å². The van der Waals surface area contributed by atoms with Crippen LogP contribution in [0.1, 0.15) is 94.9 Å². The molecule has 0 amide bonds. The zero-order valence-corrected chi connectivity index (χ0v) is 20.6. The van der Waals surface area contributed by atoms with E-state index in [0.29, 0.717) is 5.76 Å². The van der Waals surface area contributed by atoms with Crippen LogP contribution in [0.2, 0.25) is 0 Å². The van der Waals surface area contributed by atoms with Crippen LogP contribution in [0.3, 0.4) is 0 Å². The molecule has 0 aromatic carbocycles. The van der Waals surface area contributed by atoms with Crippen molar-refractivity contribution >= 4 is 0 Å². The van der Waals surface area contributed by atoms with Gasteiger partial charge in [-0.05, 0) is 94.1 Å². The first-order valence-electron chi connectivity index (χ1n) is 10.7. The maximum atomic E-state index is 9.93. The summed E-state index contributed by atoms with van der Waals surface area (Å²) in [4.78, 5) is 0. The third-order valence-electron chi connectivity index (χ3n) is 4.66. The van der Waals surface area contributed by atoms with Crippen LogP contribution < -0.4 is 0 Å². The van der Waals surface area contributed by atoms with Crippen molar-refractivity contribution in [3.05, 3.63) is 69.3 Å². The molecule has 0 saturated carbocycles. The number of ether oxygens (including phenoxy) is 1. The van der Waals surface area contributed by atoms with Crippen LogP contribution in [-0.4, -0.2) is 11.2 Å². The lowest BCUT2D eigenvalue weighted by molar-refractivity contribution is 0.132. The molecule has 164 valence electrons. The fraction of sp³-hybridized carbons (Fsp3) is 0.556. The van der Waals surface area contributed by atoms with Gasteiger partial charge >= 0.3 is 0 Å². The number of aliphatic hydroxyl groups is 1. The highest BCUT2D eigenvalue weighted by atomic mass is 16.5. The molecule has 0 aliphatic heterocycles. The maximum absolute atomic E-state index is 9.93. The Labute approximate surface area is 180 Å². The van der Waals surface area contributed by atoms with Gasteiger partial charge in [0.15, 0.2) is 0 Å². The van der Waals surface area contributed by atoms with E-state index in [1.165, 1.54) is 33.4 Å². The SMILES string of the molecule is CC(C)=CCC(CC=C(C)C)=C(CC=C(C)C)C(CC=C(C)C)O/C(C)=C(/C)O. The van der Waals surface area contributed by atoms with E-state index in [0.717, 1.165) is 25.7 Å². The summed E-state index contributed by atoms with van der Waals surface area (Å²) in [5.74, 6) is 0.833. The molecule has 0 aromatic heterocycles. The quantitative estimate of drug-likeness (QED) is 0.277. The highest BCUT2D eigenvalue weighted by Crippen LogP contribution is 2.29. The number of allylic oxidation sites excluding steroid dienone is 10. The van der Waals surface area contributed by atoms with Crippen LogP contribution in [0.15, 0.2) is 69.3 Å². The van der Waals surface area contributed by atoms with Crippen molar-refractivity contribution in [3.63, 3.8) is 0 Å². The fourth-order valence-electron chi connectivity index (χ4n) is 2.72. The van der Waals surface area contributed by atoms with Gasteiger partial charge in [-0.15, -0.1) is 0 Å². The summed E-state index contributed by atoms with van der Waals surface area (Å²) in [5, 5.41) is 9.93. The molecule has 2 nitrogen and oxygen atoms in total. The maximum Gasteiger partial charge on any atom is 0.131 e. The molecule has 0 aromatic rings. The Balaban J connectivity index is 6.49. The number of hydrogen-bond acceptors (Lipinski definition) is 2. The van der Waals surface area contributed by atoms with Gasteiger partial charge < -0.3 is 9.84 Å². The van der Waals surface area contributed by atoms with Gasteiger partial charge in [-0.25, -0.2) is 0 Å². The summed E-state index contributed by atoms with van der Waals surface area (Å²) in [6, 6.07) is 0. The van der Waals surface area contributed by atoms with Gasteiger partial charge in [-0.2, -0.15) is 0 Å². The van der Waals surface area contributed by atoms with Crippen molar-refractivity contribution in [1.29, 1.82) is 0 Å². The monoisotopic (exact) mass is 400 g/mol. The topological polar surface area (TPSA) is 29.5 Å². The molecule has 0 rings (SSSR count). The molecule has 0 bridgehead atoms. The van der Waals surface area contributed by atoms with Gasteiger partial charge in [0.1, 0.15) is 17.6 Å². The second-order valence-corrected chi connectivity index (χ2v) is 8.85. The predicted octanol–water partition coefficient (Wildman–Crippen LogP) is 8.90. The lowest BCUT2D eigenvalue weighted by Crippen LogP contribution is -2.17. The molecule has 1 atom stereocenters. The minimum atomic E-state index is -0.0891. The average Bonchev–Trinajstić information content (AvgIpc) is 2.59. The van der Waals surface area contributed by atoms with E-state index >= 15 is 0 Å². The van der Waals surface area contributed by atoms with E-state index in [-0.39, 0.29) is 11.9 Å². The first-order valence-corrected chi connectivity index (χ1v) is 10.7. The molecule has 1 unspecified atom stereocenters. The Morgan fingerprint density at radius 3 is 1.45 bits per heavy atom. The third-order valence-corrected chi connectivity index (χ3v) is 4.66. The molecule has 0 aliphatic carbocycles. The molecular formula is C27H44O2. The van der Waals surface area contributed by atoms with Crippen LogP contribution in [0, 0.1) is 0 Å². The molecule has 0 radical (unpaired) electrons. The Morgan fingerprint density at radius 2 is 1.07 bits per heavy atom. The molecule has 0 spiro atoms. The summed E-state index contributed by atoms with van der Waals surface area (Å²) in [6.45, 7) is 20.6. The number of aliphatic hydroxyl groups excluding tert-OH is 1. The Kier molecular flexibility index (Phi) is 13.1. The first kappa shape index (κ1) is 27.0. The minimum Gasteiger partial charge on any atom is -0.509 e. The molecule has 0 saturated heterocycles. The molecule has 0 fully saturated rings. The lowest BCUT2D eigenvalue weighted by Gasteiger charge is -2.25. The fourth-order valence-corrected chi connectivity index (χ4v) is 2.72. The van der Waals surface area contributed by atoms with Crippen molar-refractivity contribution < 1.29 is 9.84 Å². The summed E-state index contributed by atoms with van der Waals surface area (Å²) in [5.41, 5.74) is 7.95. The highest BCUT2D eigenvalue weighted by Gasteiger charge is 2.19. The van der Waals surface area contributed by atoms with Crippen LogP contribution in [0.5, 0.6) is 0 Å². The predicted molar refractivity (Wildman–Crippen MR) is 129 cm³/mol. The zero-order valence-electron chi connectivity index (χ0n) is 20.6. The van der Waals surface area contributed by atoms with Crippen molar-refractivity contribution in [1.82, 2.24) is 0 Å². The largest absolute Gasteiger partial charge is 0.509 e. The van der Waals surface area contributed by atoms with E-state index in [2.05, 4.69) is 79.7 Å². The molecule has 0 aliphatic rings. The zero-order chi connectivity index (χ0) is 22.6. The number of rotatable bonds is 11. The summed E-state index contributed by atoms with van der Waals surface area (Å²) in [6.07, 6.45) is 12.5. The van der Waals surface area contributed by atoms with Crippen molar-refractivity contribution in [2.24, 2.45) is 0 Å². The van der Waals surface area contributed by atoms with Gasteiger partial charge in [0.25, 0.3) is 0 Å². The van der Waals surface area contributed by atoms with Gasteiger partial charge in [0.05, 0.1) is 0 Å². The van der Waals surface area contributed by atoms with E-state index in [1.54, 1.807) is 6.92 Å². The number of hydrogen-bond donors (Lipinski definition) is 1. The van der Waals surface area contributed by atoms with Crippen LogP contribution >= 0.6 is 0 Å². The summed E-state index contributed by atoms with van der Waals surface area (Å²) in [7, 11) is 0. The lowest BCUT2D eigenvalue weighted by atomic mass is 9.91. The van der Waals surface area contributed by atoms with Crippen LogP contribution in [0.4, 0.5) is 0 Å². The first-order chi connectivity index (χ1) is 13.4. The molecular weight excluding hydrogens is 356 g/mol. The minimum absolute atomic E-state index is 0.0891. The van der Waals surface area contributed by atoms with E-state index in [9.17, 15) is 5.11 Å². The Morgan fingerprint density at radius 1 is 0.655 bits per heavy atom. The van der Waals surface area contributed by atoms with E-state index in [1.807, 2.05) is 6.92 Å². The summed E-state index contributed by atoms with van der Waals surface area (Å²) >= 11 is 0. The second-order valence-electron chi connectivity index (χ2n) is 8.85. The van der Waals surface area contributed by atoms with Gasteiger partial charge in [-0.1, -0.05) is 52.2 Å². The normalized spacial score (nSPS) is 12.2. The van der Waals surface area contributed by atoms with Crippen molar-refractivity contribution in [3.8, 4) is 0 Å². The van der Waals surface area contributed by atoms with Crippen LogP contribution in [0.25, 0.3) is 0 Å². The van der Waals surface area contributed by atoms with Crippen LogP contribution in [-0.2, 0) is 4.74 Å².